The molecule has 2 aromatic rings. The molecule has 1 fully saturated rings. The van der Waals surface area contributed by atoms with E-state index in [1.165, 1.54) is 6.92 Å². The lowest BCUT2D eigenvalue weighted by atomic mass is 10.0. The number of rotatable bonds is 12. The quantitative estimate of drug-likeness (QED) is 0.193. The number of carbonyl (C=O) groups excluding carboxylic acids is 2. The van der Waals surface area contributed by atoms with Gasteiger partial charge in [0.15, 0.2) is 8.32 Å². The first-order valence-electron chi connectivity index (χ1n) is 12.9. The van der Waals surface area contributed by atoms with Crippen LogP contribution in [0.25, 0.3) is 0 Å². The van der Waals surface area contributed by atoms with Crippen molar-refractivity contribution in [3.05, 3.63) is 71.8 Å². The van der Waals surface area contributed by atoms with E-state index in [2.05, 4.69) is 33.9 Å². The van der Waals surface area contributed by atoms with Crippen molar-refractivity contribution in [1.82, 2.24) is 4.90 Å². The second kappa shape index (κ2) is 12.7. The second-order valence-electron chi connectivity index (χ2n) is 11.1. The van der Waals surface area contributed by atoms with Crippen LogP contribution in [0.3, 0.4) is 0 Å². The van der Waals surface area contributed by atoms with Gasteiger partial charge in [0.2, 0.25) is 0 Å². The molecular formula is C29H41NO6Si. The first-order chi connectivity index (χ1) is 17.5. The van der Waals surface area contributed by atoms with E-state index >= 15 is 0 Å². The fourth-order valence-electron chi connectivity index (χ4n) is 3.77. The Hall–Kier alpha value is -2.68. The third kappa shape index (κ3) is 8.98. The summed E-state index contributed by atoms with van der Waals surface area (Å²) in [4.78, 5) is 27.5. The highest BCUT2D eigenvalue weighted by atomic mass is 28.4. The first kappa shape index (κ1) is 28.9. The molecule has 0 radical (unpaired) electrons. The molecule has 37 heavy (non-hydrogen) atoms. The number of epoxide rings is 1. The summed E-state index contributed by atoms with van der Waals surface area (Å²) >= 11 is 0. The maximum atomic E-state index is 13.7. The monoisotopic (exact) mass is 527 g/mol. The predicted octanol–water partition coefficient (Wildman–Crippen LogP) is 5.94. The molecule has 1 aliphatic rings. The lowest BCUT2D eigenvalue weighted by molar-refractivity contribution is -0.151. The average molecular weight is 528 g/mol. The summed E-state index contributed by atoms with van der Waals surface area (Å²) in [7, 11) is -2.17. The number of hydrogen-bond acceptors (Lipinski definition) is 6. The van der Waals surface area contributed by atoms with Crippen molar-refractivity contribution in [3.8, 4) is 0 Å². The van der Waals surface area contributed by atoms with Gasteiger partial charge in [0, 0.05) is 19.9 Å². The Labute approximate surface area is 222 Å². The van der Waals surface area contributed by atoms with Gasteiger partial charge >= 0.3 is 12.1 Å². The van der Waals surface area contributed by atoms with Gasteiger partial charge in [-0.2, -0.15) is 0 Å². The zero-order valence-corrected chi connectivity index (χ0v) is 23.9. The molecule has 0 bridgehead atoms. The Morgan fingerprint density at radius 2 is 1.59 bits per heavy atom. The van der Waals surface area contributed by atoms with E-state index < -0.39 is 32.5 Å². The minimum absolute atomic E-state index is 0.00126. The summed E-state index contributed by atoms with van der Waals surface area (Å²) in [6.45, 7) is 13.5. The molecule has 3 rings (SSSR count). The molecule has 3 atom stereocenters. The smallest absolute Gasteiger partial charge is 0.410 e. The molecule has 202 valence electrons. The standard InChI is InChI=1S/C29H41NO6Si/c1-22(31)36-27(17-25-20-33-25)26(21-35-37(5,6)29(2,3)4)30(18-23-13-9-7-10-14-23)28(32)34-19-24-15-11-8-12-16-24/h7-16,25-27H,17-21H2,1-6H3/t25-,26-,27+/m1/s1. The summed E-state index contributed by atoms with van der Waals surface area (Å²) in [6, 6.07) is 18.8. The molecule has 1 saturated heterocycles. The molecule has 1 aliphatic heterocycles. The molecule has 2 aromatic carbocycles. The average Bonchev–Trinajstić information content (AvgIpc) is 3.66. The van der Waals surface area contributed by atoms with Gasteiger partial charge in [-0.05, 0) is 29.3 Å². The lowest BCUT2D eigenvalue weighted by Gasteiger charge is -2.41. The molecule has 0 aromatic heterocycles. The van der Waals surface area contributed by atoms with Crippen molar-refractivity contribution in [2.24, 2.45) is 0 Å². The molecule has 0 saturated carbocycles. The van der Waals surface area contributed by atoms with Crippen LogP contribution in [0.1, 0.15) is 45.2 Å². The van der Waals surface area contributed by atoms with Gasteiger partial charge in [-0.1, -0.05) is 81.4 Å². The van der Waals surface area contributed by atoms with Gasteiger partial charge in [0.25, 0.3) is 0 Å². The number of carbonyl (C=O) groups is 2. The third-order valence-electron chi connectivity index (χ3n) is 7.10. The van der Waals surface area contributed by atoms with Gasteiger partial charge in [-0.3, -0.25) is 9.69 Å². The van der Waals surface area contributed by atoms with Crippen LogP contribution in [0.2, 0.25) is 18.1 Å². The van der Waals surface area contributed by atoms with Crippen LogP contribution < -0.4 is 0 Å². The van der Waals surface area contributed by atoms with Crippen LogP contribution in [-0.2, 0) is 36.6 Å². The van der Waals surface area contributed by atoms with Crippen molar-refractivity contribution in [2.75, 3.05) is 13.2 Å². The SMILES string of the molecule is CC(=O)O[C@@H](C[C@@H]1CO1)[C@@H](CO[Si](C)(C)C(C)(C)C)N(Cc1ccccc1)C(=O)OCc1ccccc1. The number of benzene rings is 2. The topological polar surface area (TPSA) is 77.6 Å². The van der Waals surface area contributed by atoms with Crippen molar-refractivity contribution in [1.29, 1.82) is 0 Å². The molecule has 0 N–H and O–H groups in total. The number of nitrogens with zero attached hydrogens (tertiary/aromatic N) is 1. The van der Waals surface area contributed by atoms with Crippen LogP contribution in [0, 0.1) is 0 Å². The van der Waals surface area contributed by atoms with E-state index in [1.54, 1.807) is 4.90 Å². The van der Waals surface area contributed by atoms with Gasteiger partial charge in [0.1, 0.15) is 12.7 Å². The summed E-state index contributed by atoms with van der Waals surface area (Å²) in [5.41, 5.74) is 1.84. The highest BCUT2D eigenvalue weighted by molar-refractivity contribution is 6.74. The zero-order chi connectivity index (χ0) is 27.1. The highest BCUT2D eigenvalue weighted by Gasteiger charge is 2.42. The zero-order valence-electron chi connectivity index (χ0n) is 22.9. The Morgan fingerprint density at radius 3 is 2.11 bits per heavy atom. The molecule has 0 unspecified atom stereocenters. The molecule has 0 spiro atoms. The summed E-state index contributed by atoms with van der Waals surface area (Å²) < 4.78 is 23.7. The van der Waals surface area contributed by atoms with Crippen molar-refractivity contribution >= 4 is 20.4 Å². The molecule has 1 heterocycles. The Kier molecular flexibility index (Phi) is 9.92. The minimum Gasteiger partial charge on any atom is -0.460 e. The number of esters is 1. The van der Waals surface area contributed by atoms with E-state index in [0.717, 1.165) is 11.1 Å². The maximum absolute atomic E-state index is 13.7. The van der Waals surface area contributed by atoms with Crippen LogP contribution in [-0.4, -0.2) is 56.7 Å². The van der Waals surface area contributed by atoms with Crippen molar-refractivity contribution in [2.45, 2.75) is 83.6 Å². The van der Waals surface area contributed by atoms with Crippen LogP contribution in [0.15, 0.2) is 60.7 Å². The number of hydrogen-bond donors (Lipinski definition) is 0. The number of amides is 1. The largest absolute Gasteiger partial charge is 0.460 e. The predicted molar refractivity (Wildman–Crippen MR) is 145 cm³/mol. The lowest BCUT2D eigenvalue weighted by Crippen LogP contribution is -2.53. The van der Waals surface area contributed by atoms with Crippen molar-refractivity contribution in [3.63, 3.8) is 0 Å². The molecule has 1 amide bonds. The van der Waals surface area contributed by atoms with E-state index in [4.69, 9.17) is 18.6 Å². The van der Waals surface area contributed by atoms with Gasteiger partial charge in [-0.25, -0.2) is 4.79 Å². The summed E-state index contributed by atoms with van der Waals surface area (Å²) in [5, 5.41) is -0.0217. The van der Waals surface area contributed by atoms with E-state index in [0.29, 0.717) is 19.6 Å². The Morgan fingerprint density at radius 1 is 1.03 bits per heavy atom. The first-order valence-corrected chi connectivity index (χ1v) is 15.8. The van der Waals surface area contributed by atoms with Crippen LogP contribution in [0.5, 0.6) is 0 Å². The molecular weight excluding hydrogens is 486 g/mol. The van der Waals surface area contributed by atoms with Gasteiger partial charge < -0.3 is 18.6 Å². The molecule has 8 heteroatoms. The van der Waals surface area contributed by atoms with Crippen LogP contribution in [0.4, 0.5) is 4.79 Å². The fourth-order valence-corrected chi connectivity index (χ4v) is 4.79. The summed E-state index contributed by atoms with van der Waals surface area (Å²) in [6.07, 6.45) is -0.589. The Bertz CT molecular complexity index is 1000. The normalized spacial score (nSPS) is 17.0. The van der Waals surface area contributed by atoms with Gasteiger partial charge in [-0.15, -0.1) is 0 Å². The number of ether oxygens (including phenoxy) is 3. The van der Waals surface area contributed by atoms with Crippen molar-refractivity contribution < 1.29 is 28.2 Å². The summed E-state index contributed by atoms with van der Waals surface area (Å²) in [5.74, 6) is -0.403. The van der Waals surface area contributed by atoms with Crippen LogP contribution >= 0.6 is 0 Å². The third-order valence-corrected chi connectivity index (χ3v) is 11.6. The van der Waals surface area contributed by atoms with Gasteiger partial charge in [0.05, 0.1) is 25.4 Å². The Balaban J connectivity index is 1.93. The van der Waals surface area contributed by atoms with E-state index in [-0.39, 0.29) is 24.4 Å². The minimum atomic E-state index is -2.17. The molecule has 7 nitrogen and oxygen atoms in total. The fraction of sp³-hybridized carbons (Fsp3) is 0.517. The maximum Gasteiger partial charge on any atom is 0.410 e. The molecule has 0 aliphatic carbocycles. The second-order valence-corrected chi connectivity index (χ2v) is 15.9. The van der Waals surface area contributed by atoms with E-state index in [9.17, 15) is 9.59 Å². The van der Waals surface area contributed by atoms with E-state index in [1.807, 2.05) is 60.7 Å². The highest BCUT2D eigenvalue weighted by Crippen LogP contribution is 2.37.